The summed E-state index contributed by atoms with van der Waals surface area (Å²) in [5.41, 5.74) is -1.72. The van der Waals surface area contributed by atoms with Crippen molar-refractivity contribution < 1.29 is 14.4 Å². The lowest BCUT2D eigenvalue weighted by molar-refractivity contribution is -0.155. The molecule has 96 valence electrons. The second-order valence-electron chi connectivity index (χ2n) is 5.36. The molecule has 0 bridgehead atoms. The average Bonchev–Trinajstić information content (AvgIpc) is 2.16. The number of barbiturate groups is 1. The Kier molecular flexibility index (Phi) is 3.32. The Bertz CT molecular complexity index is 364. The number of hydrogen-bond acceptors (Lipinski definition) is 3. The number of imide groups is 2. The lowest BCUT2D eigenvalue weighted by Crippen LogP contribution is -2.67. The molecule has 17 heavy (non-hydrogen) atoms. The summed E-state index contributed by atoms with van der Waals surface area (Å²) in [5, 5.41) is 2.29. The van der Waals surface area contributed by atoms with E-state index in [1.54, 1.807) is 34.6 Å². The third-order valence-corrected chi connectivity index (χ3v) is 3.35. The summed E-state index contributed by atoms with van der Waals surface area (Å²) in [6, 6.07) is -0.620. The lowest BCUT2D eigenvalue weighted by Gasteiger charge is -2.44. The number of nitrogens with one attached hydrogen (secondary N) is 1. The van der Waals surface area contributed by atoms with Gasteiger partial charge in [-0.1, -0.05) is 13.8 Å². The zero-order valence-electron chi connectivity index (χ0n) is 11.1. The van der Waals surface area contributed by atoms with E-state index in [0.717, 1.165) is 4.90 Å². The Labute approximate surface area is 102 Å². The fraction of sp³-hybridized carbons (Fsp3) is 0.750. The minimum atomic E-state index is -1.10. The van der Waals surface area contributed by atoms with Crippen molar-refractivity contribution in [3.8, 4) is 0 Å². The summed E-state index contributed by atoms with van der Waals surface area (Å²) in [4.78, 5) is 37.2. The van der Waals surface area contributed by atoms with Crippen LogP contribution in [0.5, 0.6) is 0 Å². The van der Waals surface area contributed by atoms with Crippen LogP contribution in [0.3, 0.4) is 0 Å². The molecule has 0 aromatic heterocycles. The van der Waals surface area contributed by atoms with Crippen molar-refractivity contribution in [3.63, 3.8) is 0 Å². The summed E-state index contributed by atoms with van der Waals surface area (Å²) in [5.74, 6) is -0.859. The van der Waals surface area contributed by atoms with Gasteiger partial charge >= 0.3 is 6.03 Å². The van der Waals surface area contributed by atoms with Gasteiger partial charge in [-0.25, -0.2) is 4.79 Å². The maximum absolute atomic E-state index is 12.4. The van der Waals surface area contributed by atoms with Crippen LogP contribution in [0.25, 0.3) is 0 Å². The van der Waals surface area contributed by atoms with Gasteiger partial charge in [0, 0.05) is 5.54 Å². The first-order chi connectivity index (χ1) is 7.70. The van der Waals surface area contributed by atoms with E-state index in [2.05, 4.69) is 5.32 Å². The second-order valence-corrected chi connectivity index (χ2v) is 5.36. The molecule has 1 saturated heterocycles. The van der Waals surface area contributed by atoms with E-state index in [-0.39, 0.29) is 5.91 Å². The van der Waals surface area contributed by atoms with Gasteiger partial charge in [-0.3, -0.25) is 19.8 Å². The van der Waals surface area contributed by atoms with Crippen molar-refractivity contribution in [2.24, 2.45) is 5.41 Å². The summed E-state index contributed by atoms with van der Waals surface area (Å²) < 4.78 is 0. The highest BCUT2D eigenvalue weighted by Crippen LogP contribution is 2.35. The number of amides is 4. The minimum Gasteiger partial charge on any atom is -0.277 e. The fourth-order valence-corrected chi connectivity index (χ4v) is 2.16. The van der Waals surface area contributed by atoms with E-state index < -0.39 is 22.9 Å². The highest BCUT2D eigenvalue weighted by Gasteiger charge is 2.53. The number of nitrogens with zero attached hydrogens (tertiary/aromatic N) is 1. The Morgan fingerprint density at radius 3 is 1.94 bits per heavy atom. The average molecular weight is 240 g/mol. The molecule has 1 fully saturated rings. The molecule has 0 atom stereocenters. The van der Waals surface area contributed by atoms with Gasteiger partial charge in [-0.15, -0.1) is 0 Å². The molecule has 5 heteroatoms. The standard InChI is InChI=1S/C12H20N2O3/c1-6-12(7-2)8(15)13-10(17)14(9(12)16)11(3,4)5/h6-7H2,1-5H3,(H,13,15,17). The molecule has 0 aromatic carbocycles. The molecule has 0 unspecified atom stereocenters. The van der Waals surface area contributed by atoms with Crippen LogP contribution >= 0.6 is 0 Å². The van der Waals surface area contributed by atoms with Crippen LogP contribution in [0, 0.1) is 5.41 Å². The maximum Gasteiger partial charge on any atom is 0.331 e. The third kappa shape index (κ3) is 1.94. The highest BCUT2D eigenvalue weighted by molar-refractivity contribution is 6.19. The van der Waals surface area contributed by atoms with Gasteiger partial charge in [0.2, 0.25) is 11.8 Å². The van der Waals surface area contributed by atoms with Crippen LogP contribution in [-0.4, -0.2) is 28.3 Å². The minimum absolute atomic E-state index is 0.385. The van der Waals surface area contributed by atoms with Crippen LogP contribution in [0.4, 0.5) is 4.79 Å². The molecular formula is C12H20N2O3. The summed E-state index contributed by atoms with van der Waals surface area (Å²) >= 11 is 0. The van der Waals surface area contributed by atoms with E-state index in [9.17, 15) is 14.4 Å². The van der Waals surface area contributed by atoms with Crippen LogP contribution < -0.4 is 5.32 Å². The molecule has 1 aliphatic heterocycles. The number of urea groups is 1. The largest absolute Gasteiger partial charge is 0.331 e. The predicted molar refractivity (Wildman–Crippen MR) is 63.2 cm³/mol. The van der Waals surface area contributed by atoms with E-state index >= 15 is 0 Å². The van der Waals surface area contributed by atoms with Gasteiger partial charge in [0.05, 0.1) is 0 Å². The number of hydrogen-bond donors (Lipinski definition) is 1. The van der Waals surface area contributed by atoms with Gasteiger partial charge in [0.15, 0.2) is 0 Å². The van der Waals surface area contributed by atoms with Crippen molar-refractivity contribution >= 4 is 17.8 Å². The fourth-order valence-electron chi connectivity index (χ4n) is 2.16. The Hall–Kier alpha value is -1.39. The van der Waals surface area contributed by atoms with Crippen molar-refractivity contribution in [2.75, 3.05) is 0 Å². The molecule has 1 heterocycles. The molecule has 1 rings (SSSR count). The van der Waals surface area contributed by atoms with E-state index in [1.807, 2.05) is 0 Å². The first kappa shape index (κ1) is 13.7. The molecule has 0 saturated carbocycles. The Morgan fingerprint density at radius 1 is 1.12 bits per heavy atom. The van der Waals surface area contributed by atoms with E-state index in [4.69, 9.17) is 0 Å². The number of carbonyl (C=O) groups is 3. The molecule has 5 nitrogen and oxygen atoms in total. The summed E-state index contributed by atoms with van der Waals surface area (Å²) in [6.07, 6.45) is 0.794. The summed E-state index contributed by atoms with van der Waals surface area (Å²) in [7, 11) is 0. The van der Waals surface area contributed by atoms with Gasteiger partial charge in [-0.05, 0) is 33.6 Å². The first-order valence-electron chi connectivity index (χ1n) is 5.90. The monoisotopic (exact) mass is 240 g/mol. The van der Waals surface area contributed by atoms with Crippen LogP contribution in [0.15, 0.2) is 0 Å². The van der Waals surface area contributed by atoms with Gasteiger partial charge in [0.1, 0.15) is 5.41 Å². The highest BCUT2D eigenvalue weighted by atomic mass is 16.2. The predicted octanol–water partition coefficient (Wildman–Crippen LogP) is 1.67. The third-order valence-electron chi connectivity index (χ3n) is 3.35. The van der Waals surface area contributed by atoms with Crippen molar-refractivity contribution in [1.82, 2.24) is 10.2 Å². The zero-order valence-corrected chi connectivity index (χ0v) is 11.1. The quantitative estimate of drug-likeness (QED) is 0.746. The molecule has 0 aromatic rings. The van der Waals surface area contributed by atoms with Crippen LogP contribution in [-0.2, 0) is 9.59 Å². The second kappa shape index (κ2) is 4.13. The molecule has 4 amide bonds. The molecule has 1 N–H and O–H groups in total. The van der Waals surface area contributed by atoms with Crippen LogP contribution in [0.1, 0.15) is 47.5 Å². The molecule has 1 aliphatic rings. The molecular weight excluding hydrogens is 220 g/mol. The molecule has 0 aliphatic carbocycles. The Balaban J connectivity index is 3.26. The van der Waals surface area contributed by atoms with Gasteiger partial charge in [-0.2, -0.15) is 0 Å². The SMILES string of the molecule is CCC1(CC)C(=O)NC(=O)N(C(C)(C)C)C1=O. The number of rotatable bonds is 2. The van der Waals surface area contributed by atoms with E-state index in [1.165, 1.54) is 0 Å². The lowest BCUT2D eigenvalue weighted by atomic mass is 9.77. The first-order valence-corrected chi connectivity index (χ1v) is 5.90. The maximum atomic E-state index is 12.4. The topological polar surface area (TPSA) is 66.5 Å². The van der Waals surface area contributed by atoms with Gasteiger partial charge < -0.3 is 0 Å². The molecule has 0 radical (unpaired) electrons. The van der Waals surface area contributed by atoms with Crippen molar-refractivity contribution in [1.29, 1.82) is 0 Å². The zero-order chi connectivity index (χ0) is 13.4. The van der Waals surface area contributed by atoms with Crippen molar-refractivity contribution in [3.05, 3.63) is 0 Å². The smallest absolute Gasteiger partial charge is 0.277 e. The normalized spacial score (nSPS) is 20.5. The van der Waals surface area contributed by atoms with Gasteiger partial charge in [0.25, 0.3) is 0 Å². The van der Waals surface area contributed by atoms with E-state index in [0.29, 0.717) is 12.8 Å². The van der Waals surface area contributed by atoms with Crippen molar-refractivity contribution in [2.45, 2.75) is 53.0 Å². The van der Waals surface area contributed by atoms with Crippen LogP contribution in [0.2, 0.25) is 0 Å². The summed E-state index contributed by atoms with van der Waals surface area (Å²) in [6.45, 7) is 8.90. The Morgan fingerprint density at radius 2 is 1.59 bits per heavy atom. The number of carbonyl (C=O) groups excluding carboxylic acids is 3. The molecule has 0 spiro atoms.